The molecule has 2 aromatic carbocycles. The number of nitrogens with zero attached hydrogens (tertiary/aromatic N) is 1. The Morgan fingerprint density at radius 3 is 2.84 bits per heavy atom. The van der Waals surface area contributed by atoms with E-state index < -0.39 is 6.17 Å². The van der Waals surface area contributed by atoms with Crippen LogP contribution in [0.5, 0.6) is 5.75 Å². The lowest BCUT2D eigenvalue weighted by Crippen LogP contribution is -2.52. The smallest absolute Gasteiger partial charge is 0.276 e. The zero-order chi connectivity index (χ0) is 21.8. The van der Waals surface area contributed by atoms with Crippen LogP contribution in [0.1, 0.15) is 40.7 Å². The van der Waals surface area contributed by atoms with Gasteiger partial charge in [-0.3, -0.25) is 15.0 Å². The van der Waals surface area contributed by atoms with Crippen molar-refractivity contribution >= 4 is 29.1 Å². The molecule has 2 heterocycles. The van der Waals surface area contributed by atoms with Gasteiger partial charge in [0.1, 0.15) is 11.5 Å². The van der Waals surface area contributed by atoms with Crippen LogP contribution in [-0.2, 0) is 4.79 Å². The molecule has 0 saturated heterocycles. The first-order chi connectivity index (χ1) is 15.0. The Balaban J connectivity index is 1.38. The summed E-state index contributed by atoms with van der Waals surface area (Å²) in [6.45, 7) is 2.28. The average molecular weight is 440 g/mol. The molecule has 7 nitrogen and oxygen atoms in total. The van der Waals surface area contributed by atoms with Crippen molar-refractivity contribution in [1.82, 2.24) is 10.4 Å². The van der Waals surface area contributed by atoms with Crippen LogP contribution in [0.25, 0.3) is 0 Å². The zero-order valence-corrected chi connectivity index (χ0v) is 17.7. The molecule has 8 heteroatoms. The largest absolute Gasteiger partial charge is 0.493 e. The second kappa shape index (κ2) is 9.14. The highest BCUT2D eigenvalue weighted by atomic mass is 35.5. The summed E-state index contributed by atoms with van der Waals surface area (Å²) in [5.74, 6) is 0.652. The zero-order valence-electron chi connectivity index (χ0n) is 16.9. The predicted octanol–water partition coefficient (Wildman–Crippen LogP) is 4.70. The number of halogens is 1. The summed E-state index contributed by atoms with van der Waals surface area (Å²) in [5, 5.41) is 5.17. The molecule has 0 radical (unpaired) electrons. The second-order valence-corrected chi connectivity index (χ2v) is 7.62. The summed E-state index contributed by atoms with van der Waals surface area (Å²) in [6.07, 6.45) is 1.57. The summed E-state index contributed by atoms with van der Waals surface area (Å²) < 4.78 is 11.2. The lowest BCUT2D eigenvalue weighted by Gasteiger charge is -2.36. The van der Waals surface area contributed by atoms with Crippen LogP contribution in [0.15, 0.2) is 65.3 Å². The van der Waals surface area contributed by atoms with Gasteiger partial charge in [0, 0.05) is 17.1 Å². The minimum Gasteiger partial charge on any atom is -0.493 e. The molecule has 0 bridgehead atoms. The molecule has 2 N–H and O–H groups in total. The first-order valence-electron chi connectivity index (χ1n) is 9.94. The Morgan fingerprint density at radius 2 is 2.06 bits per heavy atom. The van der Waals surface area contributed by atoms with Gasteiger partial charge in [-0.15, -0.1) is 0 Å². The quantitative estimate of drug-likeness (QED) is 0.521. The van der Waals surface area contributed by atoms with E-state index in [0.717, 1.165) is 11.3 Å². The monoisotopic (exact) mass is 439 g/mol. The maximum Gasteiger partial charge on any atom is 0.276 e. The number of anilines is 1. The number of carbonyl (C=O) groups excluding carboxylic acids is 2. The van der Waals surface area contributed by atoms with E-state index in [1.54, 1.807) is 36.4 Å². The van der Waals surface area contributed by atoms with E-state index in [4.69, 9.17) is 20.8 Å². The Morgan fingerprint density at radius 1 is 1.23 bits per heavy atom. The highest BCUT2D eigenvalue weighted by molar-refractivity contribution is 6.30. The van der Waals surface area contributed by atoms with Crippen LogP contribution in [0.3, 0.4) is 0 Å². The molecule has 1 atom stereocenters. The maximum absolute atomic E-state index is 13.0. The summed E-state index contributed by atoms with van der Waals surface area (Å²) in [6, 6.07) is 16.0. The van der Waals surface area contributed by atoms with Gasteiger partial charge in [-0.05, 0) is 61.4 Å². The second-order valence-electron chi connectivity index (χ2n) is 7.18. The Bertz CT molecular complexity index is 1080. The SMILES string of the molecule is Cc1cc(Cl)ccc1OCCCC(=O)NN1C(=O)c2ccccc2NC1c1ccco1. The van der Waals surface area contributed by atoms with Crippen LogP contribution in [-0.4, -0.2) is 23.4 Å². The van der Waals surface area contributed by atoms with Crippen molar-refractivity contribution in [2.75, 3.05) is 11.9 Å². The summed E-state index contributed by atoms with van der Waals surface area (Å²) in [4.78, 5) is 25.6. The molecular formula is C23H22ClN3O4. The van der Waals surface area contributed by atoms with Gasteiger partial charge >= 0.3 is 0 Å². The number of fused-ring (bicyclic) bond motifs is 1. The van der Waals surface area contributed by atoms with E-state index in [0.29, 0.717) is 35.1 Å². The van der Waals surface area contributed by atoms with Gasteiger partial charge in [0.25, 0.3) is 5.91 Å². The minimum absolute atomic E-state index is 0.197. The van der Waals surface area contributed by atoms with Crippen molar-refractivity contribution in [1.29, 1.82) is 0 Å². The molecule has 2 amide bonds. The molecule has 0 aliphatic carbocycles. The number of hydrazine groups is 1. The van der Waals surface area contributed by atoms with Crippen molar-refractivity contribution in [2.45, 2.75) is 25.9 Å². The number of benzene rings is 2. The van der Waals surface area contributed by atoms with Gasteiger partial charge in [-0.2, -0.15) is 0 Å². The van der Waals surface area contributed by atoms with Gasteiger partial charge in [-0.25, -0.2) is 5.01 Å². The van der Waals surface area contributed by atoms with Crippen molar-refractivity contribution in [3.63, 3.8) is 0 Å². The molecule has 31 heavy (non-hydrogen) atoms. The molecule has 0 fully saturated rings. The number of ether oxygens (including phenoxy) is 1. The lowest BCUT2D eigenvalue weighted by atomic mass is 10.1. The Hall–Kier alpha value is -3.45. The van der Waals surface area contributed by atoms with E-state index in [2.05, 4.69) is 10.7 Å². The molecule has 0 spiro atoms. The number of amides is 2. The molecule has 160 valence electrons. The van der Waals surface area contributed by atoms with Gasteiger partial charge in [0.05, 0.1) is 18.4 Å². The average Bonchev–Trinajstić information content (AvgIpc) is 3.29. The molecule has 1 aliphatic rings. The lowest BCUT2D eigenvalue weighted by molar-refractivity contribution is -0.126. The van der Waals surface area contributed by atoms with Crippen LogP contribution in [0.2, 0.25) is 5.02 Å². The number of nitrogens with one attached hydrogen (secondary N) is 2. The Kier molecular flexibility index (Phi) is 6.13. The topological polar surface area (TPSA) is 83.8 Å². The van der Waals surface area contributed by atoms with Gasteiger partial charge in [0.15, 0.2) is 6.17 Å². The van der Waals surface area contributed by atoms with Gasteiger partial charge in [0.2, 0.25) is 5.91 Å². The van der Waals surface area contributed by atoms with Crippen LogP contribution >= 0.6 is 11.6 Å². The number of carbonyl (C=O) groups is 2. The van der Waals surface area contributed by atoms with E-state index in [-0.39, 0.29) is 18.2 Å². The molecule has 0 saturated carbocycles. The van der Waals surface area contributed by atoms with E-state index in [9.17, 15) is 9.59 Å². The number of rotatable bonds is 7. The number of hydrogen-bond acceptors (Lipinski definition) is 5. The van der Waals surface area contributed by atoms with Crippen LogP contribution in [0.4, 0.5) is 5.69 Å². The minimum atomic E-state index is -0.644. The highest BCUT2D eigenvalue weighted by Crippen LogP contribution is 2.32. The molecule has 1 aliphatic heterocycles. The molecule has 4 rings (SSSR count). The number of furan rings is 1. The van der Waals surface area contributed by atoms with Crippen molar-refractivity contribution in [3.05, 3.63) is 82.8 Å². The number of hydrogen-bond donors (Lipinski definition) is 2. The third-order valence-electron chi connectivity index (χ3n) is 4.93. The molecule has 1 aromatic heterocycles. The first kappa shape index (κ1) is 20.8. The fourth-order valence-electron chi connectivity index (χ4n) is 3.39. The van der Waals surface area contributed by atoms with Crippen molar-refractivity contribution in [3.8, 4) is 5.75 Å². The first-order valence-corrected chi connectivity index (χ1v) is 10.3. The highest BCUT2D eigenvalue weighted by Gasteiger charge is 2.35. The normalized spacial score (nSPS) is 15.2. The van der Waals surface area contributed by atoms with E-state index >= 15 is 0 Å². The molecule has 1 unspecified atom stereocenters. The predicted molar refractivity (Wildman–Crippen MR) is 117 cm³/mol. The number of para-hydroxylation sites is 1. The van der Waals surface area contributed by atoms with E-state index in [1.165, 1.54) is 11.3 Å². The molecule has 3 aromatic rings. The van der Waals surface area contributed by atoms with Gasteiger partial charge in [-0.1, -0.05) is 23.7 Å². The standard InChI is InChI=1S/C23H22ClN3O4/c1-15-14-16(24)10-11-19(15)30-13-5-9-21(28)26-27-22(20-8-4-12-31-20)25-18-7-3-2-6-17(18)23(27)29/h2-4,6-8,10-12,14,22,25H,5,9,13H2,1H3,(H,26,28). The van der Waals surface area contributed by atoms with Crippen molar-refractivity contribution in [2.24, 2.45) is 0 Å². The van der Waals surface area contributed by atoms with E-state index in [1.807, 2.05) is 25.1 Å². The van der Waals surface area contributed by atoms with Crippen LogP contribution in [0, 0.1) is 6.92 Å². The van der Waals surface area contributed by atoms with Crippen LogP contribution < -0.4 is 15.5 Å². The number of aryl methyl sites for hydroxylation is 1. The Labute approximate surface area is 184 Å². The van der Waals surface area contributed by atoms with Crippen molar-refractivity contribution < 1.29 is 18.7 Å². The van der Waals surface area contributed by atoms with Gasteiger partial charge < -0.3 is 14.5 Å². The summed E-state index contributed by atoms with van der Waals surface area (Å²) >= 11 is 5.95. The summed E-state index contributed by atoms with van der Waals surface area (Å²) in [5.41, 5.74) is 4.81. The maximum atomic E-state index is 13.0. The fourth-order valence-corrected chi connectivity index (χ4v) is 3.62. The fraction of sp³-hybridized carbons (Fsp3) is 0.217. The third-order valence-corrected chi connectivity index (χ3v) is 5.16. The molecular weight excluding hydrogens is 418 g/mol. The third kappa shape index (κ3) is 4.67. The summed E-state index contributed by atoms with van der Waals surface area (Å²) in [7, 11) is 0.